The molecule has 2 aromatic heterocycles. The van der Waals surface area contributed by atoms with Gasteiger partial charge in [-0.15, -0.1) is 9.15 Å². The molecule has 1 atom stereocenters. The molecule has 6 heteroatoms. The van der Waals surface area contributed by atoms with Gasteiger partial charge in [0, 0.05) is 21.9 Å². The number of amidine groups is 2. The van der Waals surface area contributed by atoms with E-state index in [1.54, 1.807) is 0 Å². The number of hydrogen-bond acceptors (Lipinski definition) is 2. The van der Waals surface area contributed by atoms with Crippen molar-refractivity contribution in [2.75, 3.05) is 0 Å². The predicted octanol–water partition coefficient (Wildman–Crippen LogP) is 11.8. The first-order valence-corrected chi connectivity index (χ1v) is 23.8. The fourth-order valence-electron chi connectivity index (χ4n) is 13.2. The molecule has 1 spiro atoms. The van der Waals surface area contributed by atoms with Crippen LogP contribution in [0.1, 0.15) is 39.1 Å². The average Bonchev–Trinajstić information content (AvgIpc) is 4.13. The lowest BCUT2D eigenvalue weighted by molar-refractivity contribution is -0.798. The summed E-state index contributed by atoms with van der Waals surface area (Å²) in [5.74, 6) is 1.72. The number of benzene rings is 10. The van der Waals surface area contributed by atoms with E-state index in [2.05, 4.69) is 225 Å². The molecule has 10 aromatic carbocycles. The van der Waals surface area contributed by atoms with E-state index in [1.807, 2.05) is 0 Å². The number of rotatable bonds is 2. The zero-order chi connectivity index (χ0) is 44.4. The van der Waals surface area contributed by atoms with E-state index in [0.29, 0.717) is 0 Å². The van der Waals surface area contributed by atoms with E-state index in [1.165, 1.54) is 76.1 Å². The van der Waals surface area contributed by atoms with Crippen molar-refractivity contribution in [2.24, 2.45) is 9.98 Å². The molecule has 0 saturated heterocycles. The third-order valence-corrected chi connectivity index (χ3v) is 16.0. The maximum atomic E-state index is 6.07. The minimum atomic E-state index is -1.10. The van der Waals surface area contributed by atoms with Crippen molar-refractivity contribution in [3.63, 3.8) is 0 Å². The molecule has 6 nitrogen and oxygen atoms in total. The fourth-order valence-corrected chi connectivity index (χ4v) is 13.2. The van der Waals surface area contributed by atoms with Crippen LogP contribution in [-0.4, -0.2) is 35.7 Å². The highest BCUT2D eigenvalue weighted by atomic mass is 15.7. The van der Waals surface area contributed by atoms with E-state index in [0.717, 1.165) is 78.5 Å². The van der Waals surface area contributed by atoms with Crippen molar-refractivity contribution in [2.45, 2.75) is 5.91 Å². The second-order valence-electron chi connectivity index (χ2n) is 19.3. The Morgan fingerprint density at radius 2 is 0.855 bits per heavy atom. The van der Waals surface area contributed by atoms with Crippen LogP contribution in [0.3, 0.4) is 0 Å². The smallest absolute Gasteiger partial charge is 0.202 e. The van der Waals surface area contributed by atoms with Crippen LogP contribution in [0.25, 0.3) is 81.5 Å². The normalized spacial score (nSPS) is 17.6. The van der Waals surface area contributed by atoms with Crippen LogP contribution in [0.5, 0.6) is 0 Å². The molecule has 0 amide bonds. The highest BCUT2D eigenvalue weighted by molar-refractivity contribution is 6.37. The number of nitrogens with zero attached hydrogens (tertiary/aromatic N) is 6. The Morgan fingerprint density at radius 3 is 1.46 bits per heavy atom. The van der Waals surface area contributed by atoms with Gasteiger partial charge in [-0.3, -0.25) is 0 Å². The lowest BCUT2D eigenvalue weighted by Crippen LogP contribution is -2.71. The van der Waals surface area contributed by atoms with E-state index in [-0.39, 0.29) is 0 Å². The second-order valence-corrected chi connectivity index (χ2v) is 19.3. The minimum absolute atomic E-state index is 0.940. The summed E-state index contributed by atoms with van der Waals surface area (Å²) < 4.78 is 10.5. The van der Waals surface area contributed by atoms with Crippen molar-refractivity contribution in [3.8, 4) is 0 Å². The molecule has 0 aliphatic carbocycles. The van der Waals surface area contributed by atoms with E-state index in [4.69, 9.17) is 9.98 Å². The van der Waals surface area contributed by atoms with E-state index in [9.17, 15) is 0 Å². The van der Waals surface area contributed by atoms with Gasteiger partial charge in [0.1, 0.15) is 0 Å². The van der Waals surface area contributed by atoms with Crippen LogP contribution in [0, 0.1) is 0 Å². The molecule has 0 N–H and O–H groups in total. The molecular weight excluding hydrogens is 841 g/mol. The highest BCUT2D eigenvalue weighted by Crippen LogP contribution is 2.58. The molecule has 69 heavy (non-hydrogen) atoms. The first kappa shape index (κ1) is 35.0. The Balaban J connectivity index is 1.18. The summed E-state index contributed by atoms with van der Waals surface area (Å²) in [7, 11) is 0. The molecule has 0 bridgehead atoms. The standard InChI is InChI=1S/C63H34N6/c1-3-15-35(16-4-1)53-55-45-27-37-19-7-11-23-41(37)31-49(45)59-64-61-51-33-43-25-13-9-21-39(43)29-47(51)57-54(36-17-5-2-6-18-36)58-48-30-40-22-10-14-26-44(40)34-52(48)62-65-60-50-32-42-24-12-8-20-38(42)28-46(50)56(53)67(60)63(66(55)59,68(57)61)69(58)62/h1-34H/q+2. The summed E-state index contributed by atoms with van der Waals surface area (Å²) in [6.07, 6.45) is 0. The molecule has 6 aliphatic heterocycles. The average molecular weight is 875 g/mol. The highest BCUT2D eigenvalue weighted by Gasteiger charge is 2.71. The summed E-state index contributed by atoms with van der Waals surface area (Å²) in [5, 5.41) is 15.3. The monoisotopic (exact) mass is 874 g/mol. The Morgan fingerprint density at radius 1 is 0.377 bits per heavy atom. The number of aliphatic imine (C=N–C) groups is 1. The molecule has 18 rings (SSSR count). The zero-order valence-electron chi connectivity index (χ0n) is 36.8. The number of fused-ring (bicyclic) bond motifs is 16. The van der Waals surface area contributed by atoms with Gasteiger partial charge in [0.25, 0.3) is 11.3 Å². The quantitative estimate of drug-likeness (QED) is 0.155. The zero-order valence-corrected chi connectivity index (χ0v) is 36.8. The van der Waals surface area contributed by atoms with Gasteiger partial charge >= 0.3 is 17.6 Å². The SMILES string of the molecule is c1ccc(C2=C3c4cc5ccccc5cc4C4=[N+]3C35n6c(c7cc8ccccc8cc7c62)N=C2c6cc7ccccc7cc6C(=[N+]23)C(c2ccccc2)=c2c3cc6ccccc6cc3c(n25)=N4)cc1. The van der Waals surface area contributed by atoms with Gasteiger partial charge in [-0.1, -0.05) is 158 Å². The Kier molecular flexibility index (Phi) is 5.99. The van der Waals surface area contributed by atoms with Gasteiger partial charge in [0.2, 0.25) is 0 Å². The maximum Gasteiger partial charge on any atom is 0.441 e. The molecule has 0 saturated carbocycles. The molecule has 12 aromatic rings. The summed E-state index contributed by atoms with van der Waals surface area (Å²) in [6, 6.07) is 76.6. The maximum absolute atomic E-state index is 6.07. The summed E-state index contributed by atoms with van der Waals surface area (Å²) in [4.78, 5) is 12.1. The fraction of sp³-hybridized carbons (Fsp3) is 0.0159. The molecule has 314 valence electrons. The Labute approximate surface area is 393 Å². The number of hydrogen-bond donors (Lipinski definition) is 0. The van der Waals surface area contributed by atoms with Crippen molar-refractivity contribution < 1.29 is 9.15 Å². The molecule has 1 unspecified atom stereocenters. The van der Waals surface area contributed by atoms with Crippen molar-refractivity contribution >= 4 is 105 Å². The van der Waals surface area contributed by atoms with Crippen LogP contribution >= 0.6 is 0 Å². The minimum Gasteiger partial charge on any atom is -0.202 e. The number of aromatic nitrogens is 2. The van der Waals surface area contributed by atoms with Crippen molar-refractivity contribution in [1.29, 1.82) is 0 Å². The van der Waals surface area contributed by atoms with Crippen LogP contribution in [0.2, 0.25) is 0 Å². The molecule has 6 aliphatic rings. The first-order chi connectivity index (χ1) is 34.2. The van der Waals surface area contributed by atoms with E-state index < -0.39 is 5.91 Å². The van der Waals surface area contributed by atoms with Crippen LogP contribution < -0.4 is 10.8 Å². The lowest BCUT2D eigenvalue weighted by Gasteiger charge is -2.42. The third-order valence-electron chi connectivity index (χ3n) is 16.0. The van der Waals surface area contributed by atoms with Gasteiger partial charge < -0.3 is 0 Å². The van der Waals surface area contributed by atoms with Gasteiger partial charge in [0.05, 0.1) is 44.1 Å². The summed E-state index contributed by atoms with van der Waals surface area (Å²) >= 11 is 0. The topological polar surface area (TPSA) is 40.6 Å². The summed E-state index contributed by atoms with van der Waals surface area (Å²) in [5.41, 5.74) is 13.6. The Hall–Kier alpha value is -9.26. The van der Waals surface area contributed by atoms with Crippen molar-refractivity contribution in [1.82, 2.24) is 9.13 Å². The predicted molar refractivity (Wildman–Crippen MR) is 277 cm³/mol. The largest absolute Gasteiger partial charge is 0.441 e. The van der Waals surface area contributed by atoms with Gasteiger partial charge in [0.15, 0.2) is 11.4 Å². The summed E-state index contributed by atoms with van der Waals surface area (Å²) in [6.45, 7) is 0. The van der Waals surface area contributed by atoms with Crippen LogP contribution in [0.15, 0.2) is 216 Å². The molecule has 8 heterocycles. The lowest BCUT2D eigenvalue weighted by atomic mass is 9.90. The van der Waals surface area contributed by atoms with Crippen LogP contribution in [0.4, 0.5) is 5.82 Å². The molecular formula is C63H34N6+2. The molecule has 0 fully saturated rings. The third kappa shape index (κ3) is 3.95. The van der Waals surface area contributed by atoms with Gasteiger partial charge in [-0.25, -0.2) is 9.13 Å². The molecule has 0 radical (unpaired) electrons. The van der Waals surface area contributed by atoms with Gasteiger partial charge in [-0.2, -0.15) is 0 Å². The van der Waals surface area contributed by atoms with Crippen LogP contribution in [-0.2, 0) is 5.91 Å². The first-order valence-electron chi connectivity index (χ1n) is 23.8. The Bertz CT molecular complexity index is 4810. The second kappa shape index (κ2) is 11.8. The van der Waals surface area contributed by atoms with Gasteiger partial charge in [-0.05, 0) is 113 Å². The van der Waals surface area contributed by atoms with Crippen molar-refractivity contribution in [3.05, 3.63) is 256 Å². The van der Waals surface area contributed by atoms with E-state index >= 15 is 0 Å².